The van der Waals surface area contributed by atoms with Crippen molar-refractivity contribution < 1.29 is 22.8 Å². The highest BCUT2D eigenvalue weighted by molar-refractivity contribution is 6.05. The summed E-state index contributed by atoms with van der Waals surface area (Å²) < 4.78 is 38.3. The van der Waals surface area contributed by atoms with Crippen LogP contribution in [0.15, 0.2) is 48.5 Å². The first kappa shape index (κ1) is 21.5. The van der Waals surface area contributed by atoms with E-state index in [1.54, 1.807) is 17.0 Å². The molecule has 0 spiro atoms. The molecule has 0 aliphatic rings. The number of halogens is 3. The number of benzene rings is 2. The van der Waals surface area contributed by atoms with Gasteiger partial charge in [-0.3, -0.25) is 9.59 Å². The fourth-order valence-corrected chi connectivity index (χ4v) is 2.78. The second kappa shape index (κ2) is 9.39. The molecule has 0 aromatic heterocycles. The fraction of sp³-hybridized carbons (Fsp3) is 0.333. The number of hydrogen-bond acceptors (Lipinski definition) is 2. The zero-order valence-corrected chi connectivity index (χ0v) is 15.8. The van der Waals surface area contributed by atoms with Crippen molar-refractivity contribution in [2.24, 2.45) is 0 Å². The number of rotatable bonds is 7. The SMILES string of the molecule is CCCN(CCC)C(=O)c1ccc(C(=O)Nc2cccc(C(F)(F)F)c2)cc1. The van der Waals surface area contributed by atoms with Gasteiger partial charge in [-0.25, -0.2) is 0 Å². The Hall–Kier alpha value is -2.83. The summed E-state index contributed by atoms with van der Waals surface area (Å²) in [5, 5.41) is 2.45. The molecule has 0 radical (unpaired) electrons. The Balaban J connectivity index is 2.10. The molecule has 2 amide bonds. The lowest BCUT2D eigenvalue weighted by molar-refractivity contribution is -0.137. The molecular weight excluding hydrogens is 369 g/mol. The van der Waals surface area contributed by atoms with Crippen molar-refractivity contribution in [3.05, 3.63) is 65.2 Å². The van der Waals surface area contributed by atoms with Gasteiger partial charge in [0.1, 0.15) is 0 Å². The Morgan fingerprint density at radius 2 is 1.50 bits per heavy atom. The van der Waals surface area contributed by atoms with Crippen molar-refractivity contribution in [1.82, 2.24) is 4.90 Å². The molecule has 28 heavy (non-hydrogen) atoms. The molecule has 0 bridgehead atoms. The smallest absolute Gasteiger partial charge is 0.339 e. The Kier molecular flexibility index (Phi) is 7.20. The van der Waals surface area contributed by atoms with Gasteiger partial charge in [0.25, 0.3) is 11.8 Å². The molecule has 0 fully saturated rings. The van der Waals surface area contributed by atoms with Gasteiger partial charge < -0.3 is 10.2 Å². The van der Waals surface area contributed by atoms with E-state index in [9.17, 15) is 22.8 Å². The first-order chi connectivity index (χ1) is 13.3. The summed E-state index contributed by atoms with van der Waals surface area (Å²) in [5.74, 6) is -0.647. The summed E-state index contributed by atoms with van der Waals surface area (Å²) in [6.07, 6.45) is -2.78. The van der Waals surface area contributed by atoms with Gasteiger partial charge in [0.05, 0.1) is 5.56 Å². The van der Waals surface area contributed by atoms with E-state index < -0.39 is 17.6 Å². The van der Waals surface area contributed by atoms with Crippen molar-refractivity contribution in [1.29, 1.82) is 0 Å². The standard InChI is InChI=1S/C21H23F3N2O2/c1-3-12-26(13-4-2)20(28)16-10-8-15(9-11-16)19(27)25-18-7-5-6-17(14-18)21(22,23)24/h5-11,14H,3-4,12-13H2,1-2H3,(H,25,27). The predicted octanol–water partition coefficient (Wildman–Crippen LogP) is 5.22. The van der Waals surface area contributed by atoms with E-state index in [0.717, 1.165) is 25.0 Å². The third-order valence-corrected chi connectivity index (χ3v) is 4.12. The molecule has 0 atom stereocenters. The molecule has 2 aromatic carbocycles. The van der Waals surface area contributed by atoms with Crippen molar-refractivity contribution in [2.75, 3.05) is 18.4 Å². The number of carbonyl (C=O) groups is 2. The lowest BCUT2D eigenvalue weighted by atomic mass is 10.1. The lowest BCUT2D eigenvalue weighted by Crippen LogP contribution is -2.32. The number of amides is 2. The molecule has 0 heterocycles. The van der Waals surface area contributed by atoms with Crippen LogP contribution in [0.25, 0.3) is 0 Å². The van der Waals surface area contributed by atoms with E-state index in [1.165, 1.54) is 24.3 Å². The fourth-order valence-electron chi connectivity index (χ4n) is 2.78. The summed E-state index contributed by atoms with van der Waals surface area (Å²) in [4.78, 5) is 26.6. The van der Waals surface area contributed by atoms with Crippen molar-refractivity contribution in [3.8, 4) is 0 Å². The minimum atomic E-state index is -4.48. The first-order valence-corrected chi connectivity index (χ1v) is 9.14. The van der Waals surface area contributed by atoms with E-state index >= 15 is 0 Å². The maximum absolute atomic E-state index is 12.8. The molecular formula is C21H23F3N2O2. The monoisotopic (exact) mass is 392 g/mol. The maximum atomic E-state index is 12.8. The average molecular weight is 392 g/mol. The van der Waals surface area contributed by atoms with Crippen LogP contribution >= 0.6 is 0 Å². The quantitative estimate of drug-likeness (QED) is 0.702. The summed E-state index contributed by atoms with van der Waals surface area (Å²) in [6.45, 7) is 5.31. The molecule has 0 aliphatic carbocycles. The molecule has 0 saturated heterocycles. The summed E-state index contributed by atoms with van der Waals surface area (Å²) in [7, 11) is 0. The van der Waals surface area contributed by atoms with Crippen molar-refractivity contribution in [2.45, 2.75) is 32.9 Å². The second-order valence-corrected chi connectivity index (χ2v) is 6.40. The molecule has 2 rings (SSSR count). The van der Waals surface area contributed by atoms with Gasteiger partial charge in [-0.1, -0.05) is 19.9 Å². The molecule has 0 aliphatic heterocycles. The second-order valence-electron chi connectivity index (χ2n) is 6.40. The largest absolute Gasteiger partial charge is 0.416 e. The van der Waals surface area contributed by atoms with Crippen LogP contribution in [-0.4, -0.2) is 29.8 Å². The zero-order chi connectivity index (χ0) is 20.7. The van der Waals surface area contributed by atoms with Gasteiger partial charge in [0.15, 0.2) is 0 Å². The minimum Gasteiger partial charge on any atom is -0.339 e. The number of anilines is 1. The van der Waals surface area contributed by atoms with Crippen LogP contribution in [0.4, 0.5) is 18.9 Å². The summed E-state index contributed by atoms with van der Waals surface area (Å²) in [5.41, 5.74) is -0.0563. The van der Waals surface area contributed by atoms with Gasteiger partial charge in [-0.2, -0.15) is 13.2 Å². The van der Waals surface area contributed by atoms with E-state index in [0.29, 0.717) is 18.7 Å². The van der Waals surface area contributed by atoms with Gasteiger partial charge in [0, 0.05) is 29.9 Å². The summed E-state index contributed by atoms with van der Waals surface area (Å²) in [6, 6.07) is 10.5. The normalized spacial score (nSPS) is 11.2. The van der Waals surface area contributed by atoms with Crippen LogP contribution in [0.1, 0.15) is 53.0 Å². The highest BCUT2D eigenvalue weighted by Crippen LogP contribution is 2.30. The minimum absolute atomic E-state index is 0.0528. The van der Waals surface area contributed by atoms with Gasteiger partial charge in [0.2, 0.25) is 0 Å². The first-order valence-electron chi connectivity index (χ1n) is 9.14. The van der Waals surface area contributed by atoms with E-state index in [1.807, 2.05) is 13.8 Å². The van der Waals surface area contributed by atoms with Crippen molar-refractivity contribution in [3.63, 3.8) is 0 Å². The molecule has 0 saturated carbocycles. The molecule has 1 N–H and O–H groups in total. The van der Waals surface area contributed by atoms with Crippen LogP contribution in [-0.2, 0) is 6.18 Å². The van der Waals surface area contributed by atoms with Crippen molar-refractivity contribution >= 4 is 17.5 Å². The van der Waals surface area contributed by atoms with E-state index in [-0.39, 0.29) is 17.2 Å². The van der Waals surface area contributed by atoms with Crippen LogP contribution in [0.5, 0.6) is 0 Å². The number of nitrogens with one attached hydrogen (secondary N) is 1. The third-order valence-electron chi connectivity index (χ3n) is 4.12. The Morgan fingerprint density at radius 1 is 0.929 bits per heavy atom. The number of nitrogens with zero attached hydrogens (tertiary/aromatic N) is 1. The molecule has 0 unspecified atom stereocenters. The van der Waals surface area contributed by atoms with Gasteiger partial charge in [-0.15, -0.1) is 0 Å². The predicted molar refractivity (Wildman–Crippen MR) is 102 cm³/mol. The summed E-state index contributed by atoms with van der Waals surface area (Å²) >= 11 is 0. The maximum Gasteiger partial charge on any atom is 0.416 e. The van der Waals surface area contributed by atoms with Gasteiger partial charge >= 0.3 is 6.18 Å². The van der Waals surface area contributed by atoms with Crippen LogP contribution in [0.2, 0.25) is 0 Å². The molecule has 4 nitrogen and oxygen atoms in total. The molecule has 2 aromatic rings. The van der Waals surface area contributed by atoms with Crippen LogP contribution in [0, 0.1) is 0 Å². The average Bonchev–Trinajstić information content (AvgIpc) is 2.67. The highest BCUT2D eigenvalue weighted by Gasteiger charge is 2.30. The van der Waals surface area contributed by atoms with E-state index in [2.05, 4.69) is 5.32 Å². The Labute approximate surface area is 162 Å². The van der Waals surface area contributed by atoms with Crippen LogP contribution < -0.4 is 5.32 Å². The number of alkyl halides is 3. The number of carbonyl (C=O) groups excluding carboxylic acids is 2. The van der Waals surface area contributed by atoms with E-state index in [4.69, 9.17) is 0 Å². The topological polar surface area (TPSA) is 49.4 Å². The molecule has 150 valence electrons. The Morgan fingerprint density at radius 3 is 2.04 bits per heavy atom. The van der Waals surface area contributed by atoms with Crippen LogP contribution in [0.3, 0.4) is 0 Å². The molecule has 7 heteroatoms. The van der Waals surface area contributed by atoms with Gasteiger partial charge in [-0.05, 0) is 55.3 Å². The lowest BCUT2D eigenvalue weighted by Gasteiger charge is -2.21. The number of hydrogen-bond donors (Lipinski definition) is 1. The highest BCUT2D eigenvalue weighted by atomic mass is 19.4. The third kappa shape index (κ3) is 5.58. The zero-order valence-electron chi connectivity index (χ0n) is 15.8. The Bertz CT molecular complexity index is 811.